The fourth-order valence-electron chi connectivity index (χ4n) is 3.09. The van der Waals surface area contributed by atoms with E-state index in [2.05, 4.69) is 47.6 Å². The van der Waals surface area contributed by atoms with Gasteiger partial charge in [0, 0.05) is 19.1 Å². The summed E-state index contributed by atoms with van der Waals surface area (Å²) < 4.78 is 2.50. The molecule has 3 nitrogen and oxygen atoms in total. The van der Waals surface area contributed by atoms with E-state index in [9.17, 15) is 0 Å². The van der Waals surface area contributed by atoms with Crippen LogP contribution < -0.4 is 4.90 Å². The summed E-state index contributed by atoms with van der Waals surface area (Å²) in [7, 11) is 0. The predicted octanol–water partition coefficient (Wildman–Crippen LogP) is 4.39. The van der Waals surface area contributed by atoms with Crippen LogP contribution in [0.2, 0.25) is 0 Å². The van der Waals surface area contributed by atoms with E-state index in [4.69, 9.17) is 4.98 Å². The highest BCUT2D eigenvalue weighted by Crippen LogP contribution is 2.32. The van der Waals surface area contributed by atoms with Gasteiger partial charge in [0.15, 0.2) is 0 Å². The number of para-hydroxylation sites is 2. The van der Waals surface area contributed by atoms with E-state index in [0.717, 1.165) is 18.6 Å². The van der Waals surface area contributed by atoms with Crippen molar-refractivity contribution in [2.45, 2.75) is 52.0 Å². The van der Waals surface area contributed by atoms with Gasteiger partial charge in [-0.05, 0) is 31.4 Å². The fourth-order valence-corrected chi connectivity index (χ4v) is 3.09. The molecule has 2 heterocycles. The molecule has 1 unspecified atom stereocenters. The summed E-state index contributed by atoms with van der Waals surface area (Å²) in [6, 6.07) is 9.17. The third-order valence-electron chi connectivity index (χ3n) is 4.44. The summed E-state index contributed by atoms with van der Waals surface area (Å²) in [6.45, 7) is 6.89. The second-order valence-electron chi connectivity index (χ2n) is 5.82. The largest absolute Gasteiger partial charge is 0.342 e. The number of anilines is 1. The van der Waals surface area contributed by atoms with Gasteiger partial charge in [-0.2, -0.15) is 0 Å². The Balaban J connectivity index is 2.04. The van der Waals surface area contributed by atoms with Gasteiger partial charge >= 0.3 is 0 Å². The van der Waals surface area contributed by atoms with Gasteiger partial charge in [-0.3, -0.25) is 0 Å². The second kappa shape index (κ2) is 5.86. The molecule has 1 aliphatic rings. The maximum Gasteiger partial charge on any atom is 0.206 e. The Morgan fingerprint density at radius 1 is 1.20 bits per heavy atom. The summed E-state index contributed by atoms with van der Waals surface area (Å²) in [5.41, 5.74) is 2.45. The van der Waals surface area contributed by atoms with Crippen LogP contribution in [0.3, 0.4) is 0 Å². The first kappa shape index (κ1) is 13.5. The van der Waals surface area contributed by atoms with Crippen LogP contribution in [0.1, 0.15) is 52.0 Å². The molecule has 108 valence electrons. The number of imidazole rings is 1. The van der Waals surface area contributed by atoms with Crippen LogP contribution >= 0.6 is 0 Å². The number of rotatable bonds is 6. The van der Waals surface area contributed by atoms with Gasteiger partial charge in [0.2, 0.25) is 5.95 Å². The van der Waals surface area contributed by atoms with Gasteiger partial charge in [0.05, 0.1) is 11.0 Å². The molecular weight excluding hydrogens is 246 g/mol. The summed E-state index contributed by atoms with van der Waals surface area (Å²) in [5, 5.41) is 0. The zero-order valence-corrected chi connectivity index (χ0v) is 12.7. The first-order valence-electron chi connectivity index (χ1n) is 8.07. The minimum Gasteiger partial charge on any atom is -0.342 e. The minimum absolute atomic E-state index is 0.581. The van der Waals surface area contributed by atoms with Crippen LogP contribution in [-0.4, -0.2) is 22.6 Å². The van der Waals surface area contributed by atoms with Crippen molar-refractivity contribution in [3.63, 3.8) is 0 Å². The van der Waals surface area contributed by atoms with Crippen molar-refractivity contribution in [2.75, 3.05) is 18.0 Å². The molecule has 0 bridgehead atoms. The summed E-state index contributed by atoms with van der Waals surface area (Å²) in [4.78, 5) is 7.33. The lowest BCUT2D eigenvalue weighted by molar-refractivity contribution is 0.437. The van der Waals surface area contributed by atoms with Gasteiger partial charge in [-0.15, -0.1) is 0 Å². The molecule has 1 aliphatic heterocycles. The van der Waals surface area contributed by atoms with Crippen LogP contribution in [0, 0.1) is 0 Å². The van der Waals surface area contributed by atoms with E-state index in [0.29, 0.717) is 6.04 Å². The highest BCUT2D eigenvalue weighted by Gasteiger charge is 2.24. The van der Waals surface area contributed by atoms with E-state index in [-0.39, 0.29) is 0 Å². The first-order chi connectivity index (χ1) is 9.85. The van der Waals surface area contributed by atoms with Crippen LogP contribution in [0.25, 0.3) is 11.0 Å². The van der Waals surface area contributed by atoms with Gasteiger partial charge in [-0.1, -0.05) is 38.8 Å². The summed E-state index contributed by atoms with van der Waals surface area (Å²) >= 11 is 0. The maximum atomic E-state index is 4.90. The second-order valence-corrected chi connectivity index (χ2v) is 5.82. The van der Waals surface area contributed by atoms with E-state index < -0.39 is 0 Å². The van der Waals surface area contributed by atoms with Crippen molar-refractivity contribution in [3.05, 3.63) is 24.3 Å². The zero-order valence-electron chi connectivity index (χ0n) is 12.7. The Morgan fingerprint density at radius 3 is 2.65 bits per heavy atom. The number of hydrogen-bond acceptors (Lipinski definition) is 2. The van der Waals surface area contributed by atoms with Crippen molar-refractivity contribution in [1.82, 2.24) is 9.55 Å². The standard InChI is InChI=1S/C17H25N3/c1-3-5-9-14(4-2)20-16-11-7-6-10-15(16)18-17(20)19-12-8-13-19/h6-7,10-11,14H,3-5,8-9,12-13H2,1-2H3. The molecule has 0 spiro atoms. The average molecular weight is 271 g/mol. The lowest BCUT2D eigenvalue weighted by atomic mass is 10.1. The van der Waals surface area contributed by atoms with Gasteiger partial charge in [0.25, 0.3) is 0 Å². The van der Waals surface area contributed by atoms with Crippen molar-refractivity contribution in [2.24, 2.45) is 0 Å². The van der Waals surface area contributed by atoms with Crippen LogP contribution in [-0.2, 0) is 0 Å². The number of fused-ring (bicyclic) bond motifs is 1. The molecule has 0 radical (unpaired) electrons. The Labute approximate surface area is 121 Å². The molecule has 0 aliphatic carbocycles. The topological polar surface area (TPSA) is 21.1 Å². The lowest BCUT2D eigenvalue weighted by Gasteiger charge is -2.34. The third kappa shape index (κ3) is 2.30. The van der Waals surface area contributed by atoms with E-state index in [1.807, 2.05) is 0 Å². The Bertz CT molecular complexity index is 569. The molecule has 3 heteroatoms. The highest BCUT2D eigenvalue weighted by atomic mass is 15.3. The number of hydrogen-bond donors (Lipinski definition) is 0. The molecule has 2 aromatic rings. The van der Waals surface area contributed by atoms with E-state index in [1.165, 1.54) is 43.6 Å². The van der Waals surface area contributed by atoms with Crippen molar-refractivity contribution in [1.29, 1.82) is 0 Å². The van der Waals surface area contributed by atoms with Crippen molar-refractivity contribution < 1.29 is 0 Å². The Hall–Kier alpha value is -1.51. The predicted molar refractivity (Wildman–Crippen MR) is 85.4 cm³/mol. The van der Waals surface area contributed by atoms with Crippen LogP contribution in [0.5, 0.6) is 0 Å². The molecule has 20 heavy (non-hydrogen) atoms. The summed E-state index contributed by atoms with van der Waals surface area (Å²) in [6.07, 6.45) is 6.30. The van der Waals surface area contributed by atoms with Gasteiger partial charge in [-0.25, -0.2) is 4.98 Å². The van der Waals surface area contributed by atoms with Crippen molar-refractivity contribution in [3.8, 4) is 0 Å². The Morgan fingerprint density at radius 2 is 2.00 bits per heavy atom. The molecule has 1 fully saturated rings. The molecule has 1 aromatic heterocycles. The van der Waals surface area contributed by atoms with E-state index in [1.54, 1.807) is 0 Å². The van der Waals surface area contributed by atoms with Crippen LogP contribution in [0.15, 0.2) is 24.3 Å². The number of nitrogens with zero attached hydrogens (tertiary/aromatic N) is 3. The smallest absolute Gasteiger partial charge is 0.206 e. The maximum absolute atomic E-state index is 4.90. The highest BCUT2D eigenvalue weighted by molar-refractivity contribution is 5.79. The minimum atomic E-state index is 0.581. The van der Waals surface area contributed by atoms with Crippen LogP contribution in [0.4, 0.5) is 5.95 Å². The number of benzene rings is 1. The Kier molecular flexibility index (Phi) is 3.95. The monoisotopic (exact) mass is 271 g/mol. The summed E-state index contributed by atoms with van der Waals surface area (Å²) in [5.74, 6) is 1.19. The molecule has 3 rings (SSSR count). The van der Waals surface area contributed by atoms with E-state index >= 15 is 0 Å². The molecular formula is C17H25N3. The third-order valence-corrected chi connectivity index (χ3v) is 4.44. The molecule has 1 atom stereocenters. The van der Waals surface area contributed by atoms with Gasteiger partial charge in [0.1, 0.15) is 0 Å². The quantitative estimate of drug-likeness (QED) is 0.777. The number of aromatic nitrogens is 2. The first-order valence-corrected chi connectivity index (χ1v) is 8.07. The molecule has 0 saturated carbocycles. The molecule has 1 aromatic carbocycles. The van der Waals surface area contributed by atoms with Gasteiger partial charge < -0.3 is 9.47 Å². The molecule has 0 N–H and O–H groups in total. The SMILES string of the molecule is CCCCC(CC)n1c(N2CCC2)nc2ccccc21. The normalized spacial score (nSPS) is 16.4. The average Bonchev–Trinajstić information content (AvgIpc) is 2.77. The van der Waals surface area contributed by atoms with Crippen molar-refractivity contribution >= 4 is 17.0 Å². The zero-order chi connectivity index (χ0) is 13.9. The molecule has 1 saturated heterocycles. The fraction of sp³-hybridized carbons (Fsp3) is 0.588. The lowest BCUT2D eigenvalue weighted by Crippen LogP contribution is -2.39. The molecule has 0 amide bonds. The number of unbranched alkanes of at least 4 members (excludes halogenated alkanes) is 1.